The molecule has 1 heterocycles. The second kappa shape index (κ2) is 5.57. The van der Waals surface area contributed by atoms with E-state index in [1.165, 1.54) is 23.9 Å². The standard InChI is InChI=1S/C15H12N2O3S/c18-15-10-21-14-8-12(17(19)20)6-7-13(14)16(15)9-11-4-2-1-3-5-11/h1-8H,9-10H2. The fourth-order valence-corrected chi connectivity index (χ4v) is 3.21. The van der Waals surface area contributed by atoms with Crippen molar-refractivity contribution >= 4 is 29.0 Å². The van der Waals surface area contributed by atoms with Crippen LogP contribution in [0.15, 0.2) is 53.4 Å². The van der Waals surface area contributed by atoms with E-state index in [0.717, 1.165) is 16.1 Å². The van der Waals surface area contributed by atoms with Gasteiger partial charge in [0, 0.05) is 17.0 Å². The number of fused-ring (bicyclic) bond motifs is 1. The zero-order valence-electron chi connectivity index (χ0n) is 11.1. The van der Waals surface area contributed by atoms with E-state index >= 15 is 0 Å². The fraction of sp³-hybridized carbons (Fsp3) is 0.133. The number of anilines is 1. The van der Waals surface area contributed by atoms with Crippen molar-refractivity contribution in [3.8, 4) is 0 Å². The van der Waals surface area contributed by atoms with Crippen LogP contribution in [-0.2, 0) is 11.3 Å². The van der Waals surface area contributed by atoms with Gasteiger partial charge in [-0.05, 0) is 11.6 Å². The first-order valence-electron chi connectivity index (χ1n) is 6.40. The number of nitrogens with zero attached hydrogens (tertiary/aromatic N) is 2. The van der Waals surface area contributed by atoms with Crippen LogP contribution in [-0.4, -0.2) is 16.6 Å². The molecule has 0 spiro atoms. The van der Waals surface area contributed by atoms with Gasteiger partial charge in [-0.3, -0.25) is 14.9 Å². The molecule has 5 nitrogen and oxygen atoms in total. The van der Waals surface area contributed by atoms with Gasteiger partial charge < -0.3 is 4.90 Å². The molecule has 21 heavy (non-hydrogen) atoms. The summed E-state index contributed by atoms with van der Waals surface area (Å²) in [6, 6.07) is 14.3. The zero-order valence-corrected chi connectivity index (χ0v) is 11.9. The van der Waals surface area contributed by atoms with Crippen LogP contribution in [0.5, 0.6) is 0 Å². The van der Waals surface area contributed by atoms with Crippen molar-refractivity contribution in [2.24, 2.45) is 0 Å². The molecule has 0 atom stereocenters. The Kier molecular flexibility index (Phi) is 3.62. The van der Waals surface area contributed by atoms with Crippen LogP contribution >= 0.6 is 11.8 Å². The molecule has 0 N–H and O–H groups in total. The Hall–Kier alpha value is -2.34. The van der Waals surface area contributed by atoms with E-state index in [2.05, 4.69) is 0 Å². The van der Waals surface area contributed by atoms with Crippen molar-refractivity contribution in [2.75, 3.05) is 10.7 Å². The van der Waals surface area contributed by atoms with Crippen molar-refractivity contribution in [3.63, 3.8) is 0 Å². The Balaban J connectivity index is 1.95. The number of nitro benzene ring substituents is 1. The molecule has 0 fully saturated rings. The van der Waals surface area contributed by atoms with Gasteiger partial charge in [0.1, 0.15) is 0 Å². The summed E-state index contributed by atoms with van der Waals surface area (Å²) in [7, 11) is 0. The maximum atomic E-state index is 12.2. The van der Waals surface area contributed by atoms with Crippen molar-refractivity contribution in [1.82, 2.24) is 0 Å². The van der Waals surface area contributed by atoms with Gasteiger partial charge in [0.15, 0.2) is 0 Å². The minimum absolute atomic E-state index is 0.0187. The third-order valence-electron chi connectivity index (χ3n) is 3.28. The second-order valence-electron chi connectivity index (χ2n) is 4.66. The average Bonchev–Trinajstić information content (AvgIpc) is 2.50. The number of carbonyl (C=O) groups excluding carboxylic acids is 1. The minimum atomic E-state index is -0.418. The molecule has 2 aromatic rings. The van der Waals surface area contributed by atoms with Gasteiger partial charge in [0.05, 0.1) is 22.9 Å². The fourth-order valence-electron chi connectivity index (χ4n) is 2.25. The largest absolute Gasteiger partial charge is 0.306 e. The van der Waals surface area contributed by atoms with Crippen LogP contribution in [0.1, 0.15) is 5.56 Å². The highest BCUT2D eigenvalue weighted by Crippen LogP contribution is 2.38. The van der Waals surface area contributed by atoms with Gasteiger partial charge >= 0.3 is 0 Å². The van der Waals surface area contributed by atoms with Crippen molar-refractivity contribution in [3.05, 3.63) is 64.2 Å². The topological polar surface area (TPSA) is 63.4 Å². The molecule has 2 aromatic carbocycles. The monoisotopic (exact) mass is 300 g/mol. The summed E-state index contributed by atoms with van der Waals surface area (Å²) in [5.41, 5.74) is 1.82. The quantitative estimate of drug-likeness (QED) is 0.645. The summed E-state index contributed by atoms with van der Waals surface area (Å²) in [5, 5.41) is 10.8. The second-order valence-corrected chi connectivity index (χ2v) is 5.68. The summed E-state index contributed by atoms with van der Waals surface area (Å²) in [5.74, 6) is 0.325. The zero-order chi connectivity index (χ0) is 14.8. The average molecular weight is 300 g/mol. The number of hydrogen-bond donors (Lipinski definition) is 0. The molecular formula is C15H12N2O3S. The maximum absolute atomic E-state index is 12.2. The van der Waals surface area contributed by atoms with Crippen LogP contribution in [0, 0.1) is 10.1 Å². The van der Waals surface area contributed by atoms with Crippen LogP contribution in [0.3, 0.4) is 0 Å². The first-order chi connectivity index (χ1) is 10.1. The predicted molar refractivity (Wildman–Crippen MR) is 81.5 cm³/mol. The van der Waals surface area contributed by atoms with Gasteiger partial charge in [0.25, 0.3) is 5.69 Å². The van der Waals surface area contributed by atoms with Gasteiger partial charge in [-0.2, -0.15) is 0 Å². The van der Waals surface area contributed by atoms with Crippen LogP contribution < -0.4 is 4.90 Å². The van der Waals surface area contributed by atoms with Crippen molar-refractivity contribution in [1.29, 1.82) is 0 Å². The van der Waals surface area contributed by atoms with Gasteiger partial charge in [-0.1, -0.05) is 30.3 Å². The Morgan fingerprint density at radius 3 is 2.67 bits per heavy atom. The summed E-state index contributed by atoms with van der Waals surface area (Å²) in [6.45, 7) is 0.477. The molecule has 3 rings (SSSR count). The molecule has 106 valence electrons. The lowest BCUT2D eigenvalue weighted by molar-refractivity contribution is -0.385. The number of rotatable bonds is 3. The maximum Gasteiger partial charge on any atom is 0.270 e. The third kappa shape index (κ3) is 2.75. The van der Waals surface area contributed by atoms with E-state index in [1.807, 2.05) is 30.3 Å². The Bertz CT molecular complexity index is 703. The number of amides is 1. The number of thioether (sulfide) groups is 1. The predicted octanol–water partition coefficient (Wildman–Crippen LogP) is 3.23. The molecular weight excluding hydrogens is 288 g/mol. The SMILES string of the molecule is O=C1CSc2cc([N+](=O)[O-])ccc2N1Cc1ccccc1. The molecule has 0 unspecified atom stereocenters. The lowest BCUT2D eigenvalue weighted by Crippen LogP contribution is -2.34. The summed E-state index contributed by atoms with van der Waals surface area (Å²) < 4.78 is 0. The lowest BCUT2D eigenvalue weighted by Gasteiger charge is -2.28. The van der Waals surface area contributed by atoms with Crippen LogP contribution in [0.2, 0.25) is 0 Å². The highest BCUT2D eigenvalue weighted by Gasteiger charge is 2.26. The summed E-state index contributed by atoms with van der Waals surface area (Å²) in [4.78, 5) is 25.0. The van der Waals surface area contributed by atoms with Crippen LogP contribution in [0.25, 0.3) is 0 Å². The van der Waals surface area contributed by atoms with E-state index in [1.54, 1.807) is 11.0 Å². The first kappa shape index (κ1) is 13.6. The summed E-state index contributed by atoms with van der Waals surface area (Å²) >= 11 is 1.35. The summed E-state index contributed by atoms with van der Waals surface area (Å²) in [6.07, 6.45) is 0. The number of hydrogen-bond acceptors (Lipinski definition) is 4. The van der Waals surface area contributed by atoms with E-state index in [4.69, 9.17) is 0 Å². The molecule has 0 saturated carbocycles. The highest BCUT2D eigenvalue weighted by molar-refractivity contribution is 8.00. The number of nitro groups is 1. The van der Waals surface area contributed by atoms with E-state index in [-0.39, 0.29) is 11.6 Å². The molecule has 0 radical (unpaired) electrons. The Morgan fingerprint density at radius 2 is 1.95 bits per heavy atom. The molecule has 1 aliphatic rings. The first-order valence-corrected chi connectivity index (χ1v) is 7.39. The Labute approximate surface area is 125 Å². The van der Waals surface area contributed by atoms with E-state index in [0.29, 0.717) is 12.3 Å². The molecule has 0 saturated heterocycles. The Morgan fingerprint density at radius 1 is 1.19 bits per heavy atom. The van der Waals surface area contributed by atoms with Gasteiger partial charge in [-0.25, -0.2) is 0 Å². The molecule has 0 bridgehead atoms. The number of non-ortho nitro benzene ring substituents is 1. The number of benzene rings is 2. The van der Waals surface area contributed by atoms with E-state index < -0.39 is 4.92 Å². The minimum Gasteiger partial charge on any atom is -0.306 e. The number of carbonyl (C=O) groups is 1. The van der Waals surface area contributed by atoms with Gasteiger partial charge in [0.2, 0.25) is 5.91 Å². The third-order valence-corrected chi connectivity index (χ3v) is 4.31. The van der Waals surface area contributed by atoms with Gasteiger partial charge in [-0.15, -0.1) is 11.8 Å². The molecule has 6 heteroatoms. The smallest absolute Gasteiger partial charge is 0.270 e. The molecule has 1 amide bonds. The molecule has 0 aromatic heterocycles. The highest BCUT2D eigenvalue weighted by atomic mass is 32.2. The van der Waals surface area contributed by atoms with Crippen LogP contribution in [0.4, 0.5) is 11.4 Å². The lowest BCUT2D eigenvalue weighted by atomic mass is 10.2. The van der Waals surface area contributed by atoms with Crippen molar-refractivity contribution in [2.45, 2.75) is 11.4 Å². The molecule has 1 aliphatic heterocycles. The van der Waals surface area contributed by atoms with Crippen molar-refractivity contribution < 1.29 is 9.72 Å². The van der Waals surface area contributed by atoms with E-state index in [9.17, 15) is 14.9 Å². The molecule has 0 aliphatic carbocycles. The normalized spacial score (nSPS) is 13.9.